The van der Waals surface area contributed by atoms with Crippen LogP contribution >= 0.6 is 11.3 Å². The highest BCUT2D eigenvalue weighted by Gasteiger charge is 2.34. The van der Waals surface area contributed by atoms with E-state index in [-0.39, 0.29) is 36.0 Å². The third kappa shape index (κ3) is 5.40. The normalized spacial score (nSPS) is 15.4. The van der Waals surface area contributed by atoms with Gasteiger partial charge >= 0.3 is 18.0 Å². The fourth-order valence-corrected chi connectivity index (χ4v) is 4.50. The number of carbonyl (C=O) groups excluding carboxylic acids is 4. The van der Waals surface area contributed by atoms with E-state index in [1.807, 2.05) is 13.0 Å². The van der Waals surface area contributed by atoms with Crippen molar-refractivity contribution in [2.75, 3.05) is 18.5 Å². The number of aryl methyl sites for hydroxylation is 1. The lowest BCUT2D eigenvalue weighted by molar-refractivity contribution is -0.139. The summed E-state index contributed by atoms with van der Waals surface area (Å²) in [5.74, 6) is -1.62. The Labute approximate surface area is 195 Å². The molecule has 1 aromatic carbocycles. The zero-order valence-electron chi connectivity index (χ0n) is 18.7. The molecule has 1 aliphatic heterocycles. The second-order valence-corrected chi connectivity index (χ2v) is 8.52. The number of amides is 3. The van der Waals surface area contributed by atoms with Gasteiger partial charge in [0.15, 0.2) is 0 Å². The largest absolute Gasteiger partial charge is 0.463 e. The average molecular weight is 472 g/mol. The first-order valence-corrected chi connectivity index (χ1v) is 11.1. The lowest BCUT2D eigenvalue weighted by Crippen LogP contribution is -2.47. The number of rotatable bonds is 7. The van der Waals surface area contributed by atoms with Crippen molar-refractivity contribution in [2.45, 2.75) is 33.7 Å². The molecule has 9 nitrogen and oxygen atoms in total. The zero-order chi connectivity index (χ0) is 24.1. The van der Waals surface area contributed by atoms with E-state index in [9.17, 15) is 19.2 Å². The quantitative estimate of drug-likeness (QED) is 0.532. The van der Waals surface area contributed by atoms with Gasteiger partial charge in [-0.2, -0.15) is 0 Å². The van der Waals surface area contributed by atoms with Gasteiger partial charge in [0.1, 0.15) is 11.6 Å². The molecule has 0 saturated heterocycles. The van der Waals surface area contributed by atoms with Crippen molar-refractivity contribution in [1.82, 2.24) is 10.6 Å². The number of thiophene rings is 1. The first-order chi connectivity index (χ1) is 15.7. The molecule has 3 N–H and O–H groups in total. The minimum absolute atomic E-state index is 0.130. The fourth-order valence-electron chi connectivity index (χ4n) is 3.41. The molecule has 33 heavy (non-hydrogen) atoms. The van der Waals surface area contributed by atoms with Gasteiger partial charge in [0.25, 0.3) is 0 Å². The van der Waals surface area contributed by atoms with Crippen LogP contribution in [0.1, 0.15) is 46.3 Å². The number of hydrogen-bond donors (Lipinski definition) is 3. The summed E-state index contributed by atoms with van der Waals surface area (Å²) in [7, 11) is 0. The zero-order valence-corrected chi connectivity index (χ0v) is 19.6. The van der Waals surface area contributed by atoms with Crippen LogP contribution in [0.4, 0.5) is 9.80 Å². The highest BCUT2D eigenvalue weighted by atomic mass is 32.1. The Morgan fingerprint density at radius 3 is 2.42 bits per heavy atom. The van der Waals surface area contributed by atoms with E-state index in [1.165, 1.54) is 18.3 Å². The average Bonchev–Trinajstić information content (AvgIpc) is 3.04. The summed E-state index contributed by atoms with van der Waals surface area (Å²) in [5, 5.41) is 8.32. The molecule has 10 heteroatoms. The van der Waals surface area contributed by atoms with Crippen LogP contribution in [-0.2, 0) is 19.1 Å². The van der Waals surface area contributed by atoms with E-state index in [1.54, 1.807) is 38.1 Å². The van der Waals surface area contributed by atoms with Crippen molar-refractivity contribution in [3.05, 3.63) is 63.2 Å². The first-order valence-electron chi connectivity index (χ1n) is 10.3. The lowest BCUT2D eigenvalue weighted by atomic mass is 9.95. The minimum Gasteiger partial charge on any atom is -0.463 e. The van der Waals surface area contributed by atoms with Gasteiger partial charge in [-0.05, 0) is 31.9 Å². The summed E-state index contributed by atoms with van der Waals surface area (Å²) < 4.78 is 10.7. The molecular formula is C23H25N3O6S. The fraction of sp³-hybridized carbons (Fsp3) is 0.304. The van der Waals surface area contributed by atoms with Crippen LogP contribution in [0.15, 0.2) is 41.6 Å². The third-order valence-corrected chi connectivity index (χ3v) is 6.13. The van der Waals surface area contributed by atoms with Crippen LogP contribution in [0.2, 0.25) is 0 Å². The van der Waals surface area contributed by atoms with Crippen LogP contribution in [0.25, 0.3) is 0 Å². The van der Waals surface area contributed by atoms with Gasteiger partial charge in [0.2, 0.25) is 5.91 Å². The SMILES string of the molecule is CCOC(=O)C1=C(COC(=O)c2c(NC(C)=O)sc(C)c2C)NC(=O)N[C@@H]1c1ccccc1. The van der Waals surface area contributed by atoms with E-state index in [0.29, 0.717) is 16.1 Å². The molecule has 3 amide bonds. The van der Waals surface area contributed by atoms with E-state index >= 15 is 0 Å². The molecule has 174 valence electrons. The molecule has 3 rings (SSSR count). The number of anilines is 1. The van der Waals surface area contributed by atoms with Crippen molar-refractivity contribution in [1.29, 1.82) is 0 Å². The Bertz CT molecular complexity index is 1120. The Morgan fingerprint density at radius 2 is 1.79 bits per heavy atom. The van der Waals surface area contributed by atoms with Crippen molar-refractivity contribution in [2.24, 2.45) is 0 Å². The number of nitrogens with one attached hydrogen (secondary N) is 3. The van der Waals surface area contributed by atoms with E-state index < -0.39 is 24.0 Å². The molecule has 0 radical (unpaired) electrons. The van der Waals surface area contributed by atoms with E-state index in [4.69, 9.17) is 9.47 Å². The second-order valence-electron chi connectivity index (χ2n) is 7.30. The molecule has 1 aromatic heterocycles. The molecule has 2 aromatic rings. The monoisotopic (exact) mass is 471 g/mol. The summed E-state index contributed by atoms with van der Waals surface area (Å²) in [6, 6.07) is 7.64. The Balaban J connectivity index is 1.94. The minimum atomic E-state index is -0.771. The number of ether oxygens (including phenoxy) is 2. The van der Waals surface area contributed by atoms with Gasteiger partial charge < -0.3 is 25.4 Å². The number of urea groups is 1. The topological polar surface area (TPSA) is 123 Å². The highest BCUT2D eigenvalue weighted by molar-refractivity contribution is 7.16. The molecule has 1 atom stereocenters. The number of hydrogen-bond acceptors (Lipinski definition) is 7. The lowest BCUT2D eigenvalue weighted by Gasteiger charge is -2.29. The van der Waals surface area contributed by atoms with Crippen molar-refractivity contribution >= 4 is 40.2 Å². The van der Waals surface area contributed by atoms with Crippen molar-refractivity contribution < 1.29 is 28.7 Å². The molecule has 0 fully saturated rings. The Morgan fingerprint density at radius 1 is 1.09 bits per heavy atom. The molecular weight excluding hydrogens is 446 g/mol. The summed E-state index contributed by atoms with van der Waals surface area (Å²) in [6.45, 7) is 6.39. The molecule has 0 unspecified atom stereocenters. The number of benzene rings is 1. The third-order valence-electron chi connectivity index (χ3n) is 5.01. The smallest absolute Gasteiger partial charge is 0.341 e. The summed E-state index contributed by atoms with van der Waals surface area (Å²) in [4.78, 5) is 50.4. The molecule has 2 heterocycles. The molecule has 0 saturated carbocycles. The molecule has 1 aliphatic rings. The maximum Gasteiger partial charge on any atom is 0.341 e. The summed E-state index contributed by atoms with van der Waals surface area (Å²) in [5.41, 5.74) is 1.88. The summed E-state index contributed by atoms with van der Waals surface area (Å²) in [6.07, 6.45) is 0. The summed E-state index contributed by atoms with van der Waals surface area (Å²) >= 11 is 1.27. The van der Waals surface area contributed by atoms with Crippen LogP contribution in [0.5, 0.6) is 0 Å². The van der Waals surface area contributed by atoms with Gasteiger partial charge in [-0.25, -0.2) is 14.4 Å². The van der Waals surface area contributed by atoms with E-state index in [0.717, 1.165) is 4.88 Å². The second kappa shape index (κ2) is 10.3. The molecule has 0 spiro atoms. The van der Waals surface area contributed by atoms with Crippen LogP contribution in [0.3, 0.4) is 0 Å². The van der Waals surface area contributed by atoms with Gasteiger partial charge in [0.05, 0.1) is 29.5 Å². The van der Waals surface area contributed by atoms with Gasteiger partial charge in [0, 0.05) is 11.8 Å². The van der Waals surface area contributed by atoms with Gasteiger partial charge in [-0.15, -0.1) is 11.3 Å². The first kappa shape index (κ1) is 24.0. The predicted molar refractivity (Wildman–Crippen MR) is 123 cm³/mol. The van der Waals surface area contributed by atoms with Crippen LogP contribution < -0.4 is 16.0 Å². The van der Waals surface area contributed by atoms with Gasteiger partial charge in [-0.1, -0.05) is 30.3 Å². The van der Waals surface area contributed by atoms with Crippen LogP contribution in [-0.4, -0.2) is 37.1 Å². The van der Waals surface area contributed by atoms with Crippen LogP contribution in [0, 0.1) is 13.8 Å². The van der Waals surface area contributed by atoms with Crippen molar-refractivity contribution in [3.63, 3.8) is 0 Å². The van der Waals surface area contributed by atoms with E-state index in [2.05, 4.69) is 16.0 Å². The predicted octanol–water partition coefficient (Wildman–Crippen LogP) is 3.35. The molecule has 0 aliphatic carbocycles. The number of carbonyl (C=O) groups is 4. The highest BCUT2D eigenvalue weighted by Crippen LogP contribution is 2.33. The Hall–Kier alpha value is -3.66. The number of esters is 2. The maximum absolute atomic E-state index is 12.9. The standard InChI is InChI=1S/C23H25N3O6S/c1-5-31-22(29)18-16(25-23(30)26-19(18)15-9-7-6-8-10-15)11-32-21(28)17-12(2)13(3)33-20(17)24-14(4)27/h6-10,19H,5,11H2,1-4H3,(H,24,27)(H2,25,26,30)/t19-/m1/s1. The molecule has 0 bridgehead atoms. The maximum atomic E-state index is 12.9. The Kier molecular flexibility index (Phi) is 7.49. The van der Waals surface area contributed by atoms with Gasteiger partial charge in [-0.3, -0.25) is 4.79 Å². The van der Waals surface area contributed by atoms with Crippen molar-refractivity contribution in [3.8, 4) is 0 Å².